The number of nitrogens with zero attached hydrogens (tertiary/aromatic N) is 3. The van der Waals surface area contributed by atoms with E-state index in [1.807, 2.05) is 60.4 Å². The number of aromatic nitrogens is 2. The Kier molecular flexibility index (Phi) is 8.61. The van der Waals surface area contributed by atoms with Crippen molar-refractivity contribution in [3.63, 3.8) is 0 Å². The SMILES string of the molecule is Cc1ccc(-n2nc(C(C)(C)C)cc2NC(=O)Nc2cccc(CC3CC4CCC(C3)N4C(=O)/C=C/c3ccc4c(c3)OC(F)(F)O4)c2)cc1. The number of anilines is 2. The van der Waals surface area contributed by atoms with Crippen LogP contribution >= 0.6 is 0 Å². The van der Waals surface area contributed by atoms with Crippen LogP contribution in [0, 0.1) is 12.8 Å². The fourth-order valence-corrected chi connectivity index (χ4v) is 7.25. The van der Waals surface area contributed by atoms with Gasteiger partial charge in [0.1, 0.15) is 5.82 Å². The van der Waals surface area contributed by atoms with Crippen molar-refractivity contribution in [1.29, 1.82) is 0 Å². The second-order valence-electron chi connectivity index (χ2n) is 14.6. The van der Waals surface area contributed by atoms with Crippen LogP contribution in [0.3, 0.4) is 0 Å². The molecule has 2 unspecified atom stereocenters. The fourth-order valence-electron chi connectivity index (χ4n) is 7.25. The Hall–Kier alpha value is -5.19. The Morgan fingerprint density at radius 1 is 0.940 bits per heavy atom. The number of piperidine rings is 1. The molecule has 2 bridgehead atoms. The molecule has 2 atom stereocenters. The summed E-state index contributed by atoms with van der Waals surface area (Å²) in [4.78, 5) is 28.5. The summed E-state index contributed by atoms with van der Waals surface area (Å²) in [6.07, 6.45) is 4.01. The number of carbonyl (C=O) groups is 2. The largest absolute Gasteiger partial charge is 0.586 e. The number of carbonyl (C=O) groups excluding carboxylic acids is 2. The van der Waals surface area contributed by atoms with Crippen LogP contribution < -0.4 is 20.1 Å². The maximum Gasteiger partial charge on any atom is 0.586 e. The van der Waals surface area contributed by atoms with Crippen molar-refractivity contribution in [2.24, 2.45) is 5.92 Å². The maximum absolute atomic E-state index is 13.4. The summed E-state index contributed by atoms with van der Waals surface area (Å²) in [5.74, 6) is 0.833. The summed E-state index contributed by atoms with van der Waals surface area (Å²) in [6, 6.07) is 22.3. The lowest BCUT2D eigenvalue weighted by molar-refractivity contribution is -0.286. The molecule has 3 aliphatic heterocycles. The van der Waals surface area contributed by atoms with Gasteiger partial charge in [0, 0.05) is 35.3 Å². The minimum atomic E-state index is -3.68. The highest BCUT2D eigenvalue weighted by Crippen LogP contribution is 2.42. The Morgan fingerprint density at radius 3 is 2.38 bits per heavy atom. The predicted octanol–water partition coefficient (Wildman–Crippen LogP) is 8.47. The highest BCUT2D eigenvalue weighted by molar-refractivity contribution is 5.99. The van der Waals surface area contributed by atoms with E-state index in [1.165, 1.54) is 18.2 Å². The second-order valence-corrected chi connectivity index (χ2v) is 14.6. The molecule has 260 valence electrons. The first-order chi connectivity index (χ1) is 23.8. The van der Waals surface area contributed by atoms with Crippen LogP contribution in [0.2, 0.25) is 0 Å². The van der Waals surface area contributed by atoms with E-state index in [4.69, 9.17) is 5.10 Å². The zero-order valence-electron chi connectivity index (χ0n) is 28.6. The molecule has 2 fully saturated rings. The minimum absolute atomic E-state index is 0.0278. The number of urea groups is 1. The van der Waals surface area contributed by atoms with Crippen LogP contribution in [0.1, 0.15) is 68.8 Å². The van der Waals surface area contributed by atoms with E-state index >= 15 is 0 Å². The highest BCUT2D eigenvalue weighted by Gasteiger charge is 2.44. The summed E-state index contributed by atoms with van der Waals surface area (Å²) < 4.78 is 37.5. The standard InChI is InChI=1S/C39H41F2N5O4/c1-24-8-12-29(13-9-24)46-35(23-34(44-46)38(2,3)4)43-37(48)42-28-7-5-6-26(19-28)18-27-20-30-14-15-31(21-27)45(30)36(47)17-11-25-10-16-32-33(22-25)50-39(40,41)49-32/h5-13,16-17,19,22-23,27,30-31H,14-15,18,20-21H2,1-4H3,(H2,42,43,48)/b17-11+. The molecule has 3 aliphatic rings. The van der Waals surface area contributed by atoms with Gasteiger partial charge in [0.2, 0.25) is 5.91 Å². The number of hydrogen-bond acceptors (Lipinski definition) is 5. The topological polar surface area (TPSA) is 97.7 Å². The van der Waals surface area contributed by atoms with Gasteiger partial charge >= 0.3 is 12.3 Å². The minimum Gasteiger partial charge on any atom is -0.395 e. The van der Waals surface area contributed by atoms with Gasteiger partial charge in [-0.15, -0.1) is 8.78 Å². The number of halogens is 2. The smallest absolute Gasteiger partial charge is 0.395 e. The van der Waals surface area contributed by atoms with Crippen molar-refractivity contribution in [3.05, 3.63) is 101 Å². The molecule has 7 rings (SSSR count). The first-order valence-electron chi connectivity index (χ1n) is 17.0. The molecule has 3 amide bonds. The van der Waals surface area contributed by atoms with Gasteiger partial charge in [-0.2, -0.15) is 5.10 Å². The van der Waals surface area contributed by atoms with Crippen molar-refractivity contribution >= 4 is 29.5 Å². The number of rotatable bonds is 7. The van der Waals surface area contributed by atoms with Crippen molar-refractivity contribution in [1.82, 2.24) is 14.7 Å². The van der Waals surface area contributed by atoms with Gasteiger partial charge in [-0.3, -0.25) is 10.1 Å². The van der Waals surface area contributed by atoms with E-state index in [9.17, 15) is 18.4 Å². The predicted molar refractivity (Wildman–Crippen MR) is 188 cm³/mol. The van der Waals surface area contributed by atoms with Gasteiger partial charge in [0.25, 0.3) is 0 Å². The lowest BCUT2D eigenvalue weighted by Crippen LogP contribution is -2.46. The Labute approximate surface area is 290 Å². The average Bonchev–Trinajstić information content (AvgIpc) is 3.70. The van der Waals surface area contributed by atoms with Crippen LogP contribution in [0.5, 0.6) is 11.5 Å². The molecule has 4 heterocycles. The molecule has 50 heavy (non-hydrogen) atoms. The number of nitrogens with one attached hydrogen (secondary N) is 2. The van der Waals surface area contributed by atoms with Crippen molar-refractivity contribution < 1.29 is 27.8 Å². The fraction of sp³-hybridized carbons (Fsp3) is 0.359. The van der Waals surface area contributed by atoms with Gasteiger partial charge in [-0.05, 0) is 98.5 Å². The third-order valence-corrected chi connectivity index (χ3v) is 9.64. The van der Waals surface area contributed by atoms with Crippen molar-refractivity contribution in [2.75, 3.05) is 10.6 Å². The zero-order valence-corrected chi connectivity index (χ0v) is 28.6. The Balaban J connectivity index is 0.965. The third kappa shape index (κ3) is 7.22. The molecule has 0 spiro atoms. The molecule has 0 aliphatic carbocycles. The lowest BCUT2D eigenvalue weighted by Gasteiger charge is -2.38. The molecule has 9 nitrogen and oxygen atoms in total. The maximum atomic E-state index is 13.4. The van der Waals surface area contributed by atoms with E-state index < -0.39 is 6.29 Å². The molecule has 2 N–H and O–H groups in total. The number of benzene rings is 3. The van der Waals surface area contributed by atoms with Crippen LogP contribution in [0.25, 0.3) is 11.8 Å². The van der Waals surface area contributed by atoms with Crippen molar-refractivity contribution in [3.8, 4) is 17.2 Å². The number of hydrogen-bond donors (Lipinski definition) is 2. The van der Waals surface area contributed by atoms with Gasteiger partial charge in [0.15, 0.2) is 11.5 Å². The van der Waals surface area contributed by atoms with E-state index in [-0.39, 0.29) is 40.9 Å². The molecule has 4 aromatic rings. The number of ether oxygens (including phenoxy) is 2. The van der Waals surface area contributed by atoms with E-state index in [2.05, 4.69) is 46.9 Å². The van der Waals surface area contributed by atoms with E-state index in [1.54, 1.807) is 16.8 Å². The van der Waals surface area contributed by atoms with Crippen molar-refractivity contribution in [2.45, 2.75) is 83.6 Å². The summed E-state index contributed by atoms with van der Waals surface area (Å²) in [6.45, 7) is 8.30. The first kappa shape index (κ1) is 33.3. The molecule has 1 aromatic heterocycles. The average molecular weight is 682 g/mol. The molecule has 3 aromatic carbocycles. The third-order valence-electron chi connectivity index (χ3n) is 9.64. The number of aryl methyl sites for hydroxylation is 1. The van der Waals surface area contributed by atoms with Gasteiger partial charge in [-0.1, -0.05) is 56.7 Å². The monoisotopic (exact) mass is 681 g/mol. The number of fused-ring (bicyclic) bond motifs is 3. The van der Waals surface area contributed by atoms with Crippen LogP contribution in [-0.4, -0.2) is 45.0 Å². The van der Waals surface area contributed by atoms with E-state index in [0.717, 1.165) is 54.6 Å². The molecule has 0 saturated carbocycles. The molecular formula is C39H41F2N5O4. The van der Waals surface area contributed by atoms with Crippen LogP contribution in [0.4, 0.5) is 25.1 Å². The lowest BCUT2D eigenvalue weighted by atomic mass is 9.85. The second kappa shape index (κ2) is 12.9. The summed E-state index contributed by atoms with van der Waals surface area (Å²) in [5.41, 5.74) is 5.07. The zero-order chi connectivity index (χ0) is 35.2. The van der Waals surface area contributed by atoms with Crippen LogP contribution in [0.15, 0.2) is 78.9 Å². The number of alkyl halides is 2. The summed E-state index contributed by atoms with van der Waals surface area (Å²) in [7, 11) is 0. The van der Waals surface area contributed by atoms with Gasteiger partial charge in [-0.25, -0.2) is 9.48 Å². The highest BCUT2D eigenvalue weighted by atomic mass is 19.3. The molecule has 0 radical (unpaired) electrons. The Bertz CT molecular complexity index is 1930. The Morgan fingerprint density at radius 2 is 1.66 bits per heavy atom. The normalized spacial score (nSPS) is 20.7. The van der Waals surface area contributed by atoms with Gasteiger partial charge in [0.05, 0.1) is 11.4 Å². The molecular weight excluding hydrogens is 640 g/mol. The summed E-state index contributed by atoms with van der Waals surface area (Å²) >= 11 is 0. The molecule has 2 saturated heterocycles. The molecule has 11 heteroatoms. The first-order valence-corrected chi connectivity index (χ1v) is 17.0. The van der Waals surface area contributed by atoms with Gasteiger partial charge < -0.3 is 19.7 Å². The summed E-state index contributed by atoms with van der Waals surface area (Å²) in [5, 5.41) is 10.8. The van der Waals surface area contributed by atoms with Crippen LogP contribution in [-0.2, 0) is 16.6 Å². The quantitative estimate of drug-likeness (QED) is 0.191. The van der Waals surface area contributed by atoms with E-state index in [0.29, 0.717) is 23.0 Å². The number of amides is 3.